The van der Waals surface area contributed by atoms with E-state index in [1.54, 1.807) is 12.1 Å². The van der Waals surface area contributed by atoms with Gasteiger partial charge in [0.25, 0.3) is 0 Å². The van der Waals surface area contributed by atoms with Gasteiger partial charge in [0, 0.05) is 0 Å². The molecule has 0 fully saturated rings. The highest BCUT2D eigenvalue weighted by molar-refractivity contribution is 7.80. The molecule has 5 nitrogen and oxygen atoms in total. The van der Waals surface area contributed by atoms with Crippen LogP contribution >= 0.6 is 12.6 Å². The number of hydrogen-bond acceptors (Lipinski definition) is 6. The van der Waals surface area contributed by atoms with Gasteiger partial charge < -0.3 is 24.8 Å². The molecule has 108 valence electrons. The minimum atomic E-state index is -1.13. The monoisotopic (exact) mass is 288 g/mol. The molecule has 0 heterocycles. The lowest BCUT2D eigenvalue weighted by Gasteiger charge is -2.22. The average molecular weight is 288 g/mol. The van der Waals surface area contributed by atoms with Crippen molar-refractivity contribution in [1.29, 1.82) is 0 Å². The summed E-state index contributed by atoms with van der Waals surface area (Å²) < 4.78 is 10.4. The van der Waals surface area contributed by atoms with Crippen molar-refractivity contribution in [2.24, 2.45) is 0 Å². The zero-order chi connectivity index (χ0) is 14.4. The summed E-state index contributed by atoms with van der Waals surface area (Å²) in [4.78, 5) is 0. The number of aliphatic hydroxyl groups is 3. The number of thiol groups is 1. The van der Waals surface area contributed by atoms with E-state index in [1.807, 2.05) is 0 Å². The minimum absolute atomic E-state index is 0.164. The second kappa shape index (κ2) is 7.59. The molecule has 2 atom stereocenters. The van der Waals surface area contributed by atoms with Crippen LogP contribution in [0.2, 0.25) is 0 Å². The molecule has 1 aromatic rings. The van der Waals surface area contributed by atoms with Crippen LogP contribution in [0.15, 0.2) is 12.1 Å². The molecule has 0 amide bonds. The normalized spacial score (nSPS) is 14.0. The number of methoxy groups -OCH3 is 2. The van der Waals surface area contributed by atoms with Crippen molar-refractivity contribution in [2.45, 2.75) is 25.2 Å². The summed E-state index contributed by atoms with van der Waals surface area (Å²) in [5.41, 5.74) is 0.977. The Morgan fingerprint density at radius 3 is 2.05 bits per heavy atom. The molecule has 6 heteroatoms. The van der Waals surface area contributed by atoms with Gasteiger partial charge in [-0.25, -0.2) is 0 Å². The van der Waals surface area contributed by atoms with Crippen LogP contribution in [0.4, 0.5) is 0 Å². The first-order chi connectivity index (χ1) is 9.08. The van der Waals surface area contributed by atoms with Crippen molar-refractivity contribution in [3.63, 3.8) is 0 Å². The van der Waals surface area contributed by atoms with Crippen LogP contribution in [0, 0.1) is 0 Å². The molecular formula is C13H20O5S. The maximum absolute atomic E-state index is 10.2. The fraction of sp³-hybridized carbons (Fsp3) is 0.538. The molecule has 0 spiro atoms. The molecule has 3 N–H and O–H groups in total. The van der Waals surface area contributed by atoms with Crippen LogP contribution in [0.1, 0.15) is 23.7 Å². The second-order valence-electron chi connectivity index (χ2n) is 4.10. The third-order valence-corrected chi connectivity index (χ3v) is 3.13. The van der Waals surface area contributed by atoms with Gasteiger partial charge in [-0.3, -0.25) is 0 Å². The molecule has 2 unspecified atom stereocenters. The average Bonchev–Trinajstić information content (AvgIpc) is 2.44. The van der Waals surface area contributed by atoms with Gasteiger partial charge in [-0.05, 0) is 29.9 Å². The number of benzene rings is 1. The van der Waals surface area contributed by atoms with Gasteiger partial charge in [-0.1, -0.05) is 0 Å². The van der Waals surface area contributed by atoms with Crippen molar-refractivity contribution < 1.29 is 24.8 Å². The van der Waals surface area contributed by atoms with E-state index in [9.17, 15) is 10.2 Å². The molecule has 0 saturated heterocycles. The largest absolute Gasteiger partial charge is 0.496 e. The van der Waals surface area contributed by atoms with E-state index in [0.717, 1.165) is 0 Å². The smallest absolute Gasteiger partial charge is 0.128 e. The van der Waals surface area contributed by atoms with E-state index in [4.69, 9.17) is 14.6 Å². The Morgan fingerprint density at radius 2 is 1.68 bits per heavy atom. The van der Waals surface area contributed by atoms with E-state index in [1.165, 1.54) is 14.2 Å². The van der Waals surface area contributed by atoms with Gasteiger partial charge >= 0.3 is 0 Å². The predicted octanol–water partition coefficient (Wildman–Crippen LogP) is 0.910. The molecule has 0 radical (unpaired) electrons. The maximum atomic E-state index is 10.2. The molecule has 0 aromatic heterocycles. The predicted molar refractivity (Wildman–Crippen MR) is 74.9 cm³/mol. The van der Waals surface area contributed by atoms with Crippen molar-refractivity contribution >= 4 is 12.6 Å². The first-order valence-electron chi connectivity index (χ1n) is 5.91. The first kappa shape index (κ1) is 16.1. The van der Waals surface area contributed by atoms with Crippen LogP contribution in [0.3, 0.4) is 0 Å². The van der Waals surface area contributed by atoms with Crippen molar-refractivity contribution in [2.75, 3.05) is 20.0 Å². The van der Waals surface area contributed by atoms with Gasteiger partial charge in [0.2, 0.25) is 0 Å². The Morgan fingerprint density at radius 1 is 1.16 bits per heavy atom. The lowest BCUT2D eigenvalue weighted by molar-refractivity contribution is 0.0144. The molecule has 0 aliphatic heterocycles. The first-order valence-corrected chi connectivity index (χ1v) is 6.54. The molecule has 0 saturated carbocycles. The van der Waals surface area contributed by atoms with E-state index >= 15 is 0 Å². The van der Waals surface area contributed by atoms with Gasteiger partial charge in [-0.2, -0.15) is 12.6 Å². The Labute approximate surface area is 118 Å². The Kier molecular flexibility index (Phi) is 6.44. The van der Waals surface area contributed by atoms with Crippen LogP contribution in [-0.4, -0.2) is 41.4 Å². The maximum Gasteiger partial charge on any atom is 0.128 e. The SMILES string of the molecule is COc1cc(CO)cc(OC)c1C(O)C(O)CCS. The summed E-state index contributed by atoms with van der Waals surface area (Å²) >= 11 is 4.03. The molecule has 19 heavy (non-hydrogen) atoms. The van der Waals surface area contributed by atoms with Gasteiger partial charge in [0.05, 0.1) is 32.5 Å². The quantitative estimate of drug-likeness (QED) is 0.561. The molecule has 1 rings (SSSR count). The van der Waals surface area contributed by atoms with Crippen molar-refractivity contribution in [3.8, 4) is 11.5 Å². The van der Waals surface area contributed by atoms with Crippen LogP contribution in [0.5, 0.6) is 11.5 Å². The summed E-state index contributed by atoms with van der Waals surface area (Å²) in [7, 11) is 2.91. The van der Waals surface area contributed by atoms with Gasteiger partial charge in [0.1, 0.15) is 17.6 Å². The Balaban J connectivity index is 3.23. The van der Waals surface area contributed by atoms with E-state index < -0.39 is 12.2 Å². The molecule has 1 aromatic carbocycles. The summed E-state index contributed by atoms with van der Waals surface area (Å²) in [6.07, 6.45) is -1.75. The summed E-state index contributed by atoms with van der Waals surface area (Å²) in [5.74, 6) is 1.20. The second-order valence-corrected chi connectivity index (χ2v) is 4.54. The van der Waals surface area contributed by atoms with Gasteiger partial charge in [-0.15, -0.1) is 0 Å². The molecule has 0 aliphatic rings. The van der Waals surface area contributed by atoms with Crippen LogP contribution in [0.25, 0.3) is 0 Å². The molecule has 0 aliphatic carbocycles. The van der Waals surface area contributed by atoms with Crippen LogP contribution in [-0.2, 0) is 6.61 Å². The lowest BCUT2D eigenvalue weighted by Crippen LogP contribution is -2.20. The van der Waals surface area contributed by atoms with E-state index in [0.29, 0.717) is 34.8 Å². The highest BCUT2D eigenvalue weighted by Crippen LogP contribution is 2.37. The Hall–Kier alpha value is -0.950. The topological polar surface area (TPSA) is 79.2 Å². The summed E-state index contributed by atoms with van der Waals surface area (Å²) in [6.45, 7) is -0.164. The number of rotatable bonds is 7. The number of ether oxygens (including phenoxy) is 2. The Bertz CT molecular complexity index is 385. The minimum Gasteiger partial charge on any atom is -0.496 e. The lowest BCUT2D eigenvalue weighted by atomic mass is 9.98. The fourth-order valence-corrected chi connectivity index (χ4v) is 2.12. The highest BCUT2D eigenvalue weighted by Gasteiger charge is 2.25. The van der Waals surface area contributed by atoms with Gasteiger partial charge in [0.15, 0.2) is 0 Å². The fourth-order valence-electron chi connectivity index (χ4n) is 1.86. The van der Waals surface area contributed by atoms with Crippen LogP contribution < -0.4 is 9.47 Å². The summed E-state index contributed by atoms with van der Waals surface area (Å²) in [6, 6.07) is 3.21. The number of aliphatic hydroxyl groups excluding tert-OH is 3. The van der Waals surface area contributed by atoms with E-state index in [2.05, 4.69) is 12.6 Å². The molecule has 0 bridgehead atoms. The zero-order valence-electron chi connectivity index (χ0n) is 11.0. The van der Waals surface area contributed by atoms with Crippen molar-refractivity contribution in [3.05, 3.63) is 23.3 Å². The van der Waals surface area contributed by atoms with E-state index in [-0.39, 0.29) is 6.61 Å². The highest BCUT2D eigenvalue weighted by atomic mass is 32.1. The van der Waals surface area contributed by atoms with Crippen molar-refractivity contribution in [1.82, 2.24) is 0 Å². The third-order valence-electron chi connectivity index (χ3n) is 2.87. The summed E-state index contributed by atoms with van der Waals surface area (Å²) in [5, 5.41) is 29.2. The molecular weight excluding hydrogens is 268 g/mol. The third kappa shape index (κ3) is 3.76. The number of hydrogen-bond donors (Lipinski definition) is 4. The standard InChI is InChI=1S/C13H20O5S/c1-17-10-5-8(7-14)6-11(18-2)12(10)13(16)9(15)3-4-19/h5-6,9,13-16,19H,3-4,7H2,1-2H3. The zero-order valence-corrected chi connectivity index (χ0v) is 11.9.